The van der Waals surface area contributed by atoms with Gasteiger partial charge in [0.1, 0.15) is 6.04 Å². The lowest BCUT2D eigenvalue weighted by Crippen LogP contribution is -2.53. The first kappa shape index (κ1) is 25.1. The summed E-state index contributed by atoms with van der Waals surface area (Å²) in [6, 6.07) is 15.6. The molecule has 1 aliphatic carbocycles. The highest BCUT2D eigenvalue weighted by molar-refractivity contribution is 5.76. The third-order valence-electron chi connectivity index (χ3n) is 5.94. The van der Waals surface area contributed by atoms with Gasteiger partial charge in [-0.15, -0.1) is 6.42 Å². The van der Waals surface area contributed by atoms with Gasteiger partial charge in [-0.05, 0) is 41.8 Å². The first-order valence-corrected chi connectivity index (χ1v) is 11.4. The van der Waals surface area contributed by atoms with Gasteiger partial charge in [0.2, 0.25) is 0 Å². The Hall–Kier alpha value is -3.56. The summed E-state index contributed by atoms with van der Waals surface area (Å²) in [6.07, 6.45) is 12.1. The van der Waals surface area contributed by atoms with Crippen LogP contribution < -0.4 is 0 Å². The van der Waals surface area contributed by atoms with Crippen molar-refractivity contribution in [3.63, 3.8) is 0 Å². The molecule has 0 radical (unpaired) electrons. The second-order valence-electron chi connectivity index (χ2n) is 8.45. The highest BCUT2D eigenvalue weighted by Crippen LogP contribution is 2.31. The van der Waals surface area contributed by atoms with E-state index in [1.807, 2.05) is 53.4 Å². The molecule has 0 bridgehead atoms. The summed E-state index contributed by atoms with van der Waals surface area (Å²) in [4.78, 5) is 17.6. The van der Waals surface area contributed by atoms with E-state index in [0.717, 1.165) is 24.0 Å². The molecule has 0 saturated heterocycles. The molecule has 1 aliphatic rings. The number of nitrogens with zero attached hydrogens (tertiary/aromatic N) is 4. The number of benzene rings is 2. The molecule has 176 valence electrons. The van der Waals surface area contributed by atoms with Gasteiger partial charge in [0.05, 0.1) is 25.8 Å². The normalized spacial score (nSPS) is 15.8. The third kappa shape index (κ3) is 7.23. The number of carbonyl (C=O) groups excluding carboxylic acids is 1. The minimum Gasteiger partial charge on any atom is -0.468 e. The van der Waals surface area contributed by atoms with Gasteiger partial charge in [-0.3, -0.25) is 9.69 Å². The van der Waals surface area contributed by atoms with Gasteiger partial charge in [-0.1, -0.05) is 77.8 Å². The number of hydrogen-bond acceptors (Lipinski definition) is 5. The fraction of sp³-hybridized carbons (Fsp3) is 0.370. The first-order chi connectivity index (χ1) is 16.5. The lowest BCUT2D eigenvalue weighted by Gasteiger charge is -2.36. The molecule has 0 aromatic heterocycles. The van der Waals surface area contributed by atoms with E-state index in [-0.39, 0.29) is 6.54 Å². The summed E-state index contributed by atoms with van der Waals surface area (Å²) in [5.41, 5.74) is 11.0. The molecule has 7 nitrogen and oxygen atoms in total. The Morgan fingerprint density at radius 3 is 2.50 bits per heavy atom. The third-order valence-corrected chi connectivity index (χ3v) is 5.94. The van der Waals surface area contributed by atoms with Crippen molar-refractivity contribution < 1.29 is 14.6 Å². The van der Waals surface area contributed by atoms with Crippen LogP contribution in [0.4, 0.5) is 5.69 Å². The van der Waals surface area contributed by atoms with Crippen LogP contribution >= 0.6 is 0 Å². The zero-order valence-electron chi connectivity index (χ0n) is 19.3. The predicted molar refractivity (Wildman–Crippen MR) is 132 cm³/mol. The van der Waals surface area contributed by atoms with Crippen molar-refractivity contribution in [2.24, 2.45) is 11.0 Å². The van der Waals surface area contributed by atoms with Crippen molar-refractivity contribution >= 4 is 11.7 Å². The lowest BCUT2D eigenvalue weighted by atomic mass is 9.96. The average Bonchev–Trinajstić information content (AvgIpc) is 3.68. The monoisotopic (exact) mass is 458 g/mol. The van der Waals surface area contributed by atoms with Crippen molar-refractivity contribution in [3.8, 4) is 12.3 Å². The number of allylic oxidation sites excluding steroid dienone is 1. The number of ether oxygens (including phenoxy) is 1. The van der Waals surface area contributed by atoms with Crippen LogP contribution in [0.15, 0.2) is 71.9 Å². The Labute approximate surface area is 200 Å². The van der Waals surface area contributed by atoms with E-state index in [2.05, 4.69) is 22.0 Å². The maximum Gasteiger partial charge on any atom is 0.323 e. The van der Waals surface area contributed by atoms with E-state index in [0.29, 0.717) is 24.4 Å². The highest BCUT2D eigenvalue weighted by Gasteiger charge is 2.35. The highest BCUT2D eigenvalue weighted by atomic mass is 16.5. The molecule has 1 saturated carbocycles. The average molecular weight is 459 g/mol. The molecular weight excluding hydrogens is 428 g/mol. The van der Waals surface area contributed by atoms with Gasteiger partial charge >= 0.3 is 5.97 Å². The number of terminal acetylenes is 1. The molecule has 3 rings (SSSR count). The van der Waals surface area contributed by atoms with Crippen molar-refractivity contribution in [1.29, 1.82) is 0 Å². The zero-order chi connectivity index (χ0) is 24.3. The fourth-order valence-corrected chi connectivity index (χ4v) is 3.97. The Morgan fingerprint density at radius 1 is 1.24 bits per heavy atom. The summed E-state index contributed by atoms with van der Waals surface area (Å²) < 4.78 is 5.14. The van der Waals surface area contributed by atoms with Crippen LogP contribution in [0.3, 0.4) is 0 Å². The van der Waals surface area contributed by atoms with Crippen LogP contribution in [0, 0.1) is 18.3 Å². The Bertz CT molecular complexity index is 1050. The second kappa shape index (κ2) is 12.6. The van der Waals surface area contributed by atoms with Crippen LogP contribution in [0.1, 0.15) is 24.0 Å². The molecule has 0 amide bonds. The number of rotatable bonds is 12. The van der Waals surface area contributed by atoms with Crippen molar-refractivity contribution in [1.82, 2.24) is 4.90 Å². The molecule has 2 aromatic rings. The van der Waals surface area contributed by atoms with Crippen LogP contribution in [0.2, 0.25) is 0 Å². The molecule has 1 N–H and O–H groups in total. The summed E-state index contributed by atoms with van der Waals surface area (Å²) in [5.74, 6) is 2.74. The van der Waals surface area contributed by atoms with Crippen molar-refractivity contribution in [2.45, 2.75) is 43.9 Å². The molecule has 0 heterocycles. The van der Waals surface area contributed by atoms with Crippen molar-refractivity contribution in [3.05, 3.63) is 88.3 Å². The molecule has 0 unspecified atom stereocenters. The number of carbonyl (C=O) groups is 1. The van der Waals surface area contributed by atoms with Crippen LogP contribution in [0.25, 0.3) is 10.4 Å². The van der Waals surface area contributed by atoms with Gasteiger partial charge in [0.25, 0.3) is 0 Å². The number of aliphatic hydroxyl groups excluding tert-OH is 1. The van der Waals surface area contributed by atoms with Gasteiger partial charge in [0.15, 0.2) is 0 Å². The smallest absolute Gasteiger partial charge is 0.323 e. The summed E-state index contributed by atoms with van der Waals surface area (Å²) in [6.45, 7) is 0.169. The van der Waals surface area contributed by atoms with Gasteiger partial charge in [-0.2, -0.15) is 0 Å². The van der Waals surface area contributed by atoms with E-state index in [1.54, 1.807) is 12.1 Å². The minimum absolute atomic E-state index is 0.169. The number of methoxy groups -OCH3 is 1. The lowest BCUT2D eigenvalue weighted by molar-refractivity contribution is -0.148. The molecular formula is C27H30N4O3. The number of esters is 1. The molecule has 0 spiro atoms. The van der Waals surface area contributed by atoms with Crippen molar-refractivity contribution in [2.75, 3.05) is 13.7 Å². The Morgan fingerprint density at radius 2 is 1.91 bits per heavy atom. The minimum atomic E-state index is -0.773. The molecule has 34 heavy (non-hydrogen) atoms. The molecule has 0 aliphatic heterocycles. The Balaban J connectivity index is 1.91. The quantitative estimate of drug-likeness (QED) is 0.126. The first-order valence-electron chi connectivity index (χ1n) is 11.4. The SMILES string of the molecule is C#CCN([C@H](/C=C/C1CC1)[C@@H](O)Cc1ccccc1)[C@@H](Cc1ccc(N=[N+]=[N-])cc1)C(=O)OC. The zero-order valence-corrected chi connectivity index (χ0v) is 19.3. The summed E-state index contributed by atoms with van der Waals surface area (Å²) in [7, 11) is 1.35. The molecule has 2 aromatic carbocycles. The van der Waals surface area contributed by atoms with Crippen LogP contribution in [-0.4, -0.2) is 47.8 Å². The van der Waals surface area contributed by atoms with E-state index in [4.69, 9.17) is 16.7 Å². The predicted octanol–water partition coefficient (Wildman–Crippen LogP) is 4.59. The van der Waals surface area contributed by atoms with E-state index in [9.17, 15) is 9.90 Å². The fourth-order valence-electron chi connectivity index (χ4n) is 3.97. The van der Waals surface area contributed by atoms with Gasteiger partial charge in [-0.25, -0.2) is 0 Å². The molecule has 3 atom stereocenters. The van der Waals surface area contributed by atoms with Crippen LogP contribution in [-0.2, 0) is 22.4 Å². The number of azide groups is 1. The Kier molecular flexibility index (Phi) is 9.30. The second-order valence-corrected chi connectivity index (χ2v) is 8.45. The number of aliphatic hydroxyl groups is 1. The maximum absolute atomic E-state index is 12.9. The molecule has 7 heteroatoms. The number of hydrogen-bond donors (Lipinski definition) is 1. The van der Waals surface area contributed by atoms with Crippen LogP contribution in [0.5, 0.6) is 0 Å². The van der Waals surface area contributed by atoms with E-state index >= 15 is 0 Å². The molecule has 1 fully saturated rings. The summed E-state index contributed by atoms with van der Waals surface area (Å²) in [5, 5.41) is 14.9. The summed E-state index contributed by atoms with van der Waals surface area (Å²) >= 11 is 0. The van der Waals surface area contributed by atoms with Gasteiger partial charge < -0.3 is 9.84 Å². The largest absolute Gasteiger partial charge is 0.468 e. The van der Waals surface area contributed by atoms with E-state index in [1.165, 1.54) is 7.11 Å². The standard InChI is InChI=1S/C27H30N4O3/c1-3-17-31(25(27(33)34-2)18-22-11-14-23(15-12-22)29-30-28)24(16-13-20-9-10-20)26(32)19-21-7-5-4-6-8-21/h1,4-8,11-16,20,24-26,32H,9-10,17-19H2,2H3/b16-13+/t24-,25+,26+/m1/s1. The van der Waals surface area contributed by atoms with E-state index < -0.39 is 24.2 Å². The topological polar surface area (TPSA) is 98.5 Å². The maximum atomic E-state index is 12.9. The van der Waals surface area contributed by atoms with Gasteiger partial charge in [0, 0.05) is 17.0 Å².